The van der Waals surface area contributed by atoms with Gasteiger partial charge in [-0.05, 0) is 36.8 Å². The number of hydrazine groups is 1. The second-order valence-corrected chi connectivity index (χ2v) is 4.24. The van der Waals surface area contributed by atoms with Crippen LogP contribution in [0.5, 0.6) is 0 Å². The number of nitrogens with two attached hydrogens (primary N) is 1. The standard InChI is InChI=1S/C12H18N2S/c1-3-4-5-12(14-13)10-6-8-11(15-2)9-7-10/h3,6-9,12,14H,1,4-5,13H2,2H3. The molecule has 1 rings (SSSR count). The lowest BCUT2D eigenvalue weighted by Gasteiger charge is -2.15. The van der Waals surface area contributed by atoms with Crippen molar-refractivity contribution in [3.05, 3.63) is 42.5 Å². The second kappa shape index (κ2) is 6.67. The number of hydrogen-bond donors (Lipinski definition) is 2. The van der Waals surface area contributed by atoms with E-state index in [9.17, 15) is 0 Å². The van der Waals surface area contributed by atoms with Gasteiger partial charge in [0, 0.05) is 10.9 Å². The fourth-order valence-corrected chi connectivity index (χ4v) is 1.88. The maximum atomic E-state index is 5.53. The van der Waals surface area contributed by atoms with E-state index >= 15 is 0 Å². The van der Waals surface area contributed by atoms with Gasteiger partial charge < -0.3 is 0 Å². The summed E-state index contributed by atoms with van der Waals surface area (Å²) in [5.74, 6) is 5.53. The highest BCUT2D eigenvalue weighted by Gasteiger charge is 2.07. The Balaban J connectivity index is 2.69. The summed E-state index contributed by atoms with van der Waals surface area (Å²) < 4.78 is 0. The fourth-order valence-electron chi connectivity index (χ4n) is 1.47. The Labute approximate surface area is 95.9 Å². The molecule has 82 valence electrons. The van der Waals surface area contributed by atoms with Crippen LogP contribution in [0.15, 0.2) is 41.8 Å². The fraction of sp³-hybridized carbons (Fsp3) is 0.333. The van der Waals surface area contributed by atoms with Crippen LogP contribution >= 0.6 is 11.8 Å². The van der Waals surface area contributed by atoms with Gasteiger partial charge in [-0.2, -0.15) is 0 Å². The first kappa shape index (κ1) is 12.3. The van der Waals surface area contributed by atoms with Gasteiger partial charge in [0.1, 0.15) is 0 Å². The topological polar surface area (TPSA) is 38.0 Å². The van der Waals surface area contributed by atoms with Gasteiger partial charge in [-0.15, -0.1) is 18.3 Å². The first-order valence-electron chi connectivity index (χ1n) is 5.02. The summed E-state index contributed by atoms with van der Waals surface area (Å²) in [5, 5.41) is 0. The molecule has 1 unspecified atom stereocenters. The van der Waals surface area contributed by atoms with E-state index in [2.05, 4.69) is 42.5 Å². The van der Waals surface area contributed by atoms with Gasteiger partial charge in [0.05, 0.1) is 0 Å². The molecule has 3 N–H and O–H groups in total. The van der Waals surface area contributed by atoms with Crippen molar-refractivity contribution < 1.29 is 0 Å². The summed E-state index contributed by atoms with van der Waals surface area (Å²) in [6, 6.07) is 8.72. The molecule has 0 radical (unpaired) electrons. The quantitative estimate of drug-likeness (QED) is 0.336. The molecule has 0 saturated heterocycles. The van der Waals surface area contributed by atoms with Crippen LogP contribution < -0.4 is 11.3 Å². The zero-order valence-corrected chi connectivity index (χ0v) is 9.89. The minimum absolute atomic E-state index is 0.221. The van der Waals surface area contributed by atoms with Gasteiger partial charge in [0.25, 0.3) is 0 Å². The highest BCUT2D eigenvalue weighted by molar-refractivity contribution is 7.98. The van der Waals surface area contributed by atoms with Crippen LogP contribution in [0.2, 0.25) is 0 Å². The lowest BCUT2D eigenvalue weighted by Crippen LogP contribution is -2.27. The average Bonchev–Trinajstić information content (AvgIpc) is 2.31. The molecule has 3 heteroatoms. The minimum atomic E-state index is 0.221. The molecule has 0 amide bonds. The first-order chi connectivity index (χ1) is 7.31. The van der Waals surface area contributed by atoms with Gasteiger partial charge in [0.2, 0.25) is 0 Å². The van der Waals surface area contributed by atoms with Crippen LogP contribution in [0.4, 0.5) is 0 Å². The van der Waals surface area contributed by atoms with Crippen molar-refractivity contribution in [2.75, 3.05) is 6.26 Å². The number of hydrogen-bond acceptors (Lipinski definition) is 3. The number of allylic oxidation sites excluding steroid dienone is 1. The van der Waals surface area contributed by atoms with Gasteiger partial charge >= 0.3 is 0 Å². The Bertz CT molecular complexity index is 295. The van der Waals surface area contributed by atoms with Crippen molar-refractivity contribution in [1.29, 1.82) is 0 Å². The highest BCUT2D eigenvalue weighted by Crippen LogP contribution is 2.21. The largest absolute Gasteiger partial charge is 0.271 e. The molecular weight excluding hydrogens is 204 g/mol. The van der Waals surface area contributed by atoms with E-state index in [1.54, 1.807) is 11.8 Å². The second-order valence-electron chi connectivity index (χ2n) is 3.36. The predicted molar refractivity (Wildman–Crippen MR) is 67.7 cm³/mol. The molecule has 0 heterocycles. The molecule has 0 fully saturated rings. The van der Waals surface area contributed by atoms with Gasteiger partial charge in [-0.25, -0.2) is 0 Å². The molecule has 15 heavy (non-hydrogen) atoms. The number of rotatable bonds is 6. The van der Waals surface area contributed by atoms with Crippen LogP contribution in [-0.2, 0) is 0 Å². The summed E-state index contributed by atoms with van der Waals surface area (Å²) in [6.07, 6.45) is 5.95. The summed E-state index contributed by atoms with van der Waals surface area (Å²) in [4.78, 5) is 1.28. The molecule has 0 spiro atoms. The van der Waals surface area contributed by atoms with Crippen molar-refractivity contribution in [3.63, 3.8) is 0 Å². The van der Waals surface area contributed by atoms with Gasteiger partial charge in [0.15, 0.2) is 0 Å². The third kappa shape index (κ3) is 3.70. The third-order valence-corrected chi connectivity index (χ3v) is 3.12. The lowest BCUT2D eigenvalue weighted by atomic mass is 10.0. The molecule has 0 aliphatic heterocycles. The molecular formula is C12H18N2S. The molecule has 0 bridgehead atoms. The summed E-state index contributed by atoms with van der Waals surface area (Å²) in [5.41, 5.74) is 4.07. The maximum Gasteiger partial charge on any atom is 0.0462 e. The molecule has 0 saturated carbocycles. The monoisotopic (exact) mass is 222 g/mol. The summed E-state index contributed by atoms with van der Waals surface area (Å²) in [7, 11) is 0. The molecule has 0 aliphatic carbocycles. The van der Waals surface area contributed by atoms with E-state index in [-0.39, 0.29) is 6.04 Å². The lowest BCUT2D eigenvalue weighted by molar-refractivity contribution is 0.520. The first-order valence-corrected chi connectivity index (χ1v) is 6.25. The minimum Gasteiger partial charge on any atom is -0.271 e. The Morgan fingerprint density at radius 2 is 2.13 bits per heavy atom. The highest BCUT2D eigenvalue weighted by atomic mass is 32.2. The Kier molecular flexibility index (Phi) is 5.47. The predicted octanol–water partition coefficient (Wildman–Crippen LogP) is 2.88. The maximum absolute atomic E-state index is 5.53. The van der Waals surface area contributed by atoms with Gasteiger partial charge in [-0.1, -0.05) is 18.2 Å². The Morgan fingerprint density at radius 1 is 1.47 bits per heavy atom. The van der Waals surface area contributed by atoms with Crippen LogP contribution in [0.1, 0.15) is 24.4 Å². The SMILES string of the molecule is C=CCCC(NN)c1ccc(SC)cc1. The number of benzene rings is 1. The summed E-state index contributed by atoms with van der Waals surface area (Å²) in [6.45, 7) is 3.72. The Morgan fingerprint density at radius 3 is 2.60 bits per heavy atom. The van der Waals surface area contributed by atoms with Crippen molar-refractivity contribution >= 4 is 11.8 Å². The van der Waals surface area contributed by atoms with Crippen molar-refractivity contribution in [2.24, 2.45) is 5.84 Å². The Hall–Kier alpha value is -0.770. The molecule has 0 aromatic heterocycles. The van der Waals surface area contributed by atoms with Crippen molar-refractivity contribution in [2.45, 2.75) is 23.8 Å². The number of thioether (sulfide) groups is 1. The van der Waals surface area contributed by atoms with E-state index in [1.807, 2.05) is 6.08 Å². The molecule has 0 aliphatic rings. The smallest absolute Gasteiger partial charge is 0.0462 e. The van der Waals surface area contributed by atoms with E-state index in [1.165, 1.54) is 10.5 Å². The van der Waals surface area contributed by atoms with Crippen LogP contribution in [0.25, 0.3) is 0 Å². The average molecular weight is 222 g/mol. The molecule has 1 atom stereocenters. The molecule has 2 nitrogen and oxygen atoms in total. The van der Waals surface area contributed by atoms with E-state index < -0.39 is 0 Å². The zero-order valence-electron chi connectivity index (χ0n) is 9.07. The van der Waals surface area contributed by atoms with Crippen LogP contribution in [-0.4, -0.2) is 6.26 Å². The van der Waals surface area contributed by atoms with E-state index in [0.717, 1.165) is 12.8 Å². The normalized spacial score (nSPS) is 12.4. The van der Waals surface area contributed by atoms with Gasteiger partial charge in [-0.3, -0.25) is 11.3 Å². The van der Waals surface area contributed by atoms with Crippen LogP contribution in [0, 0.1) is 0 Å². The molecule has 1 aromatic rings. The van der Waals surface area contributed by atoms with Crippen molar-refractivity contribution in [3.8, 4) is 0 Å². The zero-order chi connectivity index (χ0) is 11.1. The third-order valence-electron chi connectivity index (χ3n) is 2.38. The summed E-state index contributed by atoms with van der Waals surface area (Å²) >= 11 is 1.75. The van der Waals surface area contributed by atoms with E-state index in [0.29, 0.717) is 0 Å². The van der Waals surface area contributed by atoms with E-state index in [4.69, 9.17) is 5.84 Å². The van der Waals surface area contributed by atoms with Crippen molar-refractivity contribution in [1.82, 2.24) is 5.43 Å². The molecule has 1 aromatic carbocycles. The number of nitrogens with one attached hydrogen (secondary N) is 1. The van der Waals surface area contributed by atoms with Crippen LogP contribution in [0.3, 0.4) is 0 Å².